The van der Waals surface area contributed by atoms with Crippen molar-refractivity contribution in [3.8, 4) is 0 Å². The zero-order chi connectivity index (χ0) is 15.5. The van der Waals surface area contributed by atoms with Gasteiger partial charge in [-0.05, 0) is 31.7 Å². The molecule has 0 aromatic heterocycles. The fourth-order valence-corrected chi connectivity index (χ4v) is 4.96. The van der Waals surface area contributed by atoms with Gasteiger partial charge in [0.15, 0.2) is 9.84 Å². The molecular weight excluding hydrogens is 290 g/mol. The Kier molecular flexibility index (Phi) is 5.48. The second-order valence-electron chi connectivity index (χ2n) is 6.45. The third kappa shape index (κ3) is 4.85. The summed E-state index contributed by atoms with van der Waals surface area (Å²) in [7, 11) is -1.26. The molecule has 2 aliphatic heterocycles. The summed E-state index contributed by atoms with van der Waals surface area (Å²) in [4.78, 5) is 16.0. The third-order valence-electron chi connectivity index (χ3n) is 4.52. The van der Waals surface area contributed by atoms with E-state index in [1.807, 2.05) is 0 Å². The molecule has 0 saturated carbocycles. The average molecular weight is 317 g/mol. The van der Waals surface area contributed by atoms with Crippen molar-refractivity contribution in [3.05, 3.63) is 0 Å². The molecule has 21 heavy (non-hydrogen) atoms. The van der Waals surface area contributed by atoms with Crippen LogP contribution in [0, 0.1) is 5.92 Å². The largest absolute Gasteiger partial charge is 0.337 e. The van der Waals surface area contributed by atoms with E-state index in [1.54, 1.807) is 11.9 Å². The van der Waals surface area contributed by atoms with Gasteiger partial charge < -0.3 is 15.1 Å². The van der Waals surface area contributed by atoms with Crippen LogP contribution in [0.25, 0.3) is 0 Å². The van der Waals surface area contributed by atoms with E-state index in [9.17, 15) is 13.2 Å². The Morgan fingerprint density at radius 1 is 1.38 bits per heavy atom. The molecule has 2 rings (SSSR count). The molecular formula is C14H27N3O3S. The summed E-state index contributed by atoms with van der Waals surface area (Å²) in [6, 6.07) is -0.341. The maximum Gasteiger partial charge on any atom is 0.317 e. The molecule has 2 saturated heterocycles. The normalized spacial score (nSPS) is 29.2. The smallest absolute Gasteiger partial charge is 0.317 e. The molecule has 7 heteroatoms. The van der Waals surface area contributed by atoms with Crippen LogP contribution in [0.5, 0.6) is 0 Å². The molecule has 2 fully saturated rings. The van der Waals surface area contributed by atoms with Crippen molar-refractivity contribution >= 4 is 15.9 Å². The van der Waals surface area contributed by atoms with E-state index in [0.717, 1.165) is 25.6 Å². The van der Waals surface area contributed by atoms with Crippen LogP contribution in [-0.2, 0) is 9.84 Å². The van der Waals surface area contributed by atoms with Gasteiger partial charge in [0.1, 0.15) is 0 Å². The number of rotatable bonds is 4. The molecule has 0 aromatic rings. The highest BCUT2D eigenvalue weighted by Gasteiger charge is 2.32. The summed E-state index contributed by atoms with van der Waals surface area (Å²) < 4.78 is 22.9. The monoisotopic (exact) mass is 317 g/mol. The van der Waals surface area contributed by atoms with E-state index in [4.69, 9.17) is 0 Å². The number of carbonyl (C=O) groups is 1. The lowest BCUT2D eigenvalue weighted by molar-refractivity contribution is 0.175. The highest BCUT2D eigenvalue weighted by atomic mass is 32.2. The Morgan fingerprint density at radius 3 is 2.76 bits per heavy atom. The van der Waals surface area contributed by atoms with Crippen molar-refractivity contribution in [2.45, 2.75) is 32.2 Å². The predicted molar refractivity (Wildman–Crippen MR) is 83.1 cm³/mol. The molecule has 0 aromatic carbocycles. The van der Waals surface area contributed by atoms with Gasteiger partial charge in [-0.25, -0.2) is 13.2 Å². The molecule has 0 radical (unpaired) electrons. The lowest BCUT2D eigenvalue weighted by Gasteiger charge is -2.31. The summed E-state index contributed by atoms with van der Waals surface area (Å²) in [6.45, 7) is 5.96. The van der Waals surface area contributed by atoms with Gasteiger partial charge in [0, 0.05) is 32.7 Å². The van der Waals surface area contributed by atoms with Gasteiger partial charge in [0.25, 0.3) is 0 Å². The average Bonchev–Trinajstić information content (AvgIpc) is 2.78. The van der Waals surface area contributed by atoms with Crippen molar-refractivity contribution in [2.75, 3.05) is 44.7 Å². The number of piperidine rings is 1. The van der Waals surface area contributed by atoms with Crippen molar-refractivity contribution in [1.82, 2.24) is 15.1 Å². The Balaban J connectivity index is 1.69. The number of nitrogens with one attached hydrogen (secondary N) is 1. The van der Waals surface area contributed by atoms with Crippen LogP contribution >= 0.6 is 0 Å². The van der Waals surface area contributed by atoms with Gasteiger partial charge >= 0.3 is 6.03 Å². The maximum absolute atomic E-state index is 12.0. The van der Waals surface area contributed by atoms with Crippen LogP contribution in [0.1, 0.15) is 26.2 Å². The number of nitrogens with zero attached hydrogens (tertiary/aromatic N) is 2. The van der Waals surface area contributed by atoms with Crippen molar-refractivity contribution < 1.29 is 13.2 Å². The fraction of sp³-hybridized carbons (Fsp3) is 0.929. The molecule has 2 amide bonds. The van der Waals surface area contributed by atoms with Crippen molar-refractivity contribution in [2.24, 2.45) is 5.92 Å². The summed E-state index contributed by atoms with van der Waals surface area (Å²) in [6.07, 6.45) is 3.08. The molecule has 0 bridgehead atoms. The molecule has 2 heterocycles. The molecule has 0 unspecified atom stereocenters. The molecule has 0 aliphatic carbocycles. The van der Waals surface area contributed by atoms with E-state index >= 15 is 0 Å². The number of hydrogen-bond donors (Lipinski definition) is 1. The Hall–Kier alpha value is -0.820. The van der Waals surface area contributed by atoms with Crippen LogP contribution < -0.4 is 5.32 Å². The molecule has 2 aliphatic rings. The lowest BCUT2D eigenvalue weighted by atomic mass is 10.0. The van der Waals surface area contributed by atoms with Crippen LogP contribution in [0.2, 0.25) is 0 Å². The molecule has 6 nitrogen and oxygen atoms in total. The lowest BCUT2D eigenvalue weighted by Crippen LogP contribution is -2.47. The second-order valence-corrected chi connectivity index (χ2v) is 8.68. The fourth-order valence-electron chi connectivity index (χ4n) is 3.18. The molecule has 1 N–H and O–H groups in total. The summed E-state index contributed by atoms with van der Waals surface area (Å²) >= 11 is 0. The zero-order valence-electron chi connectivity index (χ0n) is 13.0. The number of carbonyl (C=O) groups excluding carboxylic acids is 1. The highest BCUT2D eigenvalue weighted by molar-refractivity contribution is 7.91. The molecule has 2 atom stereocenters. The number of sulfone groups is 1. The second kappa shape index (κ2) is 6.96. The minimum Gasteiger partial charge on any atom is -0.337 e. The van der Waals surface area contributed by atoms with Crippen LogP contribution in [-0.4, -0.2) is 75.0 Å². The van der Waals surface area contributed by atoms with Crippen LogP contribution in [0.3, 0.4) is 0 Å². The summed E-state index contributed by atoms with van der Waals surface area (Å²) in [5.41, 5.74) is 0. The quantitative estimate of drug-likeness (QED) is 0.822. The van der Waals surface area contributed by atoms with Crippen LogP contribution in [0.4, 0.5) is 4.79 Å². The first-order chi connectivity index (χ1) is 9.87. The molecule has 122 valence electrons. The van der Waals surface area contributed by atoms with Gasteiger partial charge in [-0.2, -0.15) is 0 Å². The SMILES string of the molecule is C[C@H]1CCCN(CCNC(=O)N(C)[C@@H]2CCS(=O)(=O)C2)C1. The Morgan fingerprint density at radius 2 is 2.14 bits per heavy atom. The summed E-state index contributed by atoms with van der Waals surface area (Å²) in [5, 5.41) is 2.90. The van der Waals surface area contributed by atoms with E-state index in [2.05, 4.69) is 17.1 Å². The van der Waals surface area contributed by atoms with E-state index < -0.39 is 9.84 Å². The number of urea groups is 1. The summed E-state index contributed by atoms with van der Waals surface area (Å²) in [5.74, 6) is 1.03. The highest BCUT2D eigenvalue weighted by Crippen LogP contribution is 2.16. The molecule has 0 spiro atoms. The Labute approximate surface area is 127 Å². The maximum atomic E-state index is 12.0. The predicted octanol–water partition coefficient (Wildman–Crippen LogP) is 0.547. The number of amides is 2. The van der Waals surface area contributed by atoms with E-state index in [0.29, 0.717) is 13.0 Å². The minimum absolute atomic E-state index is 0.0978. The van der Waals surface area contributed by atoms with Gasteiger partial charge in [-0.15, -0.1) is 0 Å². The van der Waals surface area contributed by atoms with Crippen molar-refractivity contribution in [3.63, 3.8) is 0 Å². The standard InChI is InChI=1S/C14H27N3O3S/c1-12-4-3-7-17(10-12)8-6-15-14(18)16(2)13-5-9-21(19,20)11-13/h12-13H,3-11H2,1-2H3,(H,15,18)/t12-,13+/m0/s1. The van der Waals surface area contributed by atoms with E-state index in [1.165, 1.54) is 12.8 Å². The van der Waals surface area contributed by atoms with E-state index in [-0.39, 0.29) is 23.6 Å². The van der Waals surface area contributed by atoms with Gasteiger partial charge in [-0.1, -0.05) is 6.92 Å². The zero-order valence-corrected chi connectivity index (χ0v) is 13.9. The topological polar surface area (TPSA) is 69.7 Å². The van der Waals surface area contributed by atoms with Gasteiger partial charge in [0.05, 0.1) is 11.5 Å². The van der Waals surface area contributed by atoms with Crippen molar-refractivity contribution in [1.29, 1.82) is 0 Å². The first-order valence-electron chi connectivity index (χ1n) is 7.81. The minimum atomic E-state index is -2.95. The van der Waals surface area contributed by atoms with Crippen LogP contribution in [0.15, 0.2) is 0 Å². The van der Waals surface area contributed by atoms with Gasteiger partial charge in [0.2, 0.25) is 0 Å². The first kappa shape index (κ1) is 16.5. The van der Waals surface area contributed by atoms with Gasteiger partial charge in [-0.3, -0.25) is 0 Å². The Bertz CT molecular complexity index is 466. The number of hydrogen-bond acceptors (Lipinski definition) is 4. The first-order valence-corrected chi connectivity index (χ1v) is 9.63. The number of likely N-dealkylation sites (tertiary alicyclic amines) is 1. The third-order valence-corrected chi connectivity index (χ3v) is 6.27.